The molecule has 10 heteroatoms. The fourth-order valence-electron chi connectivity index (χ4n) is 3.06. The molecule has 0 radical (unpaired) electrons. The molecule has 0 spiro atoms. The molecular weight excluding hydrogens is 389 g/mol. The maximum atomic E-state index is 12.4. The van der Waals surface area contributed by atoms with Crippen LogP contribution >= 0.6 is 0 Å². The number of fused-ring (bicyclic) bond motifs is 1. The predicted octanol–water partition coefficient (Wildman–Crippen LogP) is 2.93. The van der Waals surface area contributed by atoms with Crippen molar-refractivity contribution in [3.63, 3.8) is 0 Å². The fourth-order valence-corrected chi connectivity index (χ4v) is 3.06. The van der Waals surface area contributed by atoms with Gasteiger partial charge < -0.3 is 20.2 Å². The van der Waals surface area contributed by atoms with E-state index in [0.29, 0.717) is 12.6 Å². The number of aliphatic carboxylic acids is 1. The summed E-state index contributed by atoms with van der Waals surface area (Å²) in [4.78, 5) is 30.4. The average Bonchev–Trinajstić information content (AvgIpc) is 3.52. The van der Waals surface area contributed by atoms with Gasteiger partial charge in [-0.1, -0.05) is 6.07 Å². The second-order valence-electron chi connectivity index (χ2n) is 7.77. The van der Waals surface area contributed by atoms with E-state index in [9.17, 15) is 18.0 Å². The number of carbonyl (C=O) groups excluding carboxylic acids is 1. The Morgan fingerprint density at radius 2 is 1.86 bits per heavy atom. The number of hydrogen-bond donors (Lipinski definition) is 2. The van der Waals surface area contributed by atoms with Crippen LogP contribution in [0.5, 0.6) is 0 Å². The minimum atomic E-state index is -5.08. The number of nitrogens with one attached hydrogen (secondary N) is 1. The maximum Gasteiger partial charge on any atom is 0.490 e. The highest BCUT2D eigenvalue weighted by atomic mass is 19.4. The molecule has 29 heavy (non-hydrogen) atoms. The van der Waals surface area contributed by atoms with Gasteiger partial charge in [0.25, 0.3) is 0 Å². The zero-order valence-electron chi connectivity index (χ0n) is 16.2. The van der Waals surface area contributed by atoms with Crippen LogP contribution in [0.15, 0.2) is 12.1 Å². The lowest BCUT2D eigenvalue weighted by Gasteiger charge is -2.24. The number of rotatable bonds is 3. The number of pyridine rings is 1. The highest BCUT2D eigenvalue weighted by molar-refractivity contribution is 5.75. The van der Waals surface area contributed by atoms with E-state index in [1.165, 1.54) is 18.4 Å². The predicted molar refractivity (Wildman–Crippen MR) is 99.6 cm³/mol. The first-order valence-corrected chi connectivity index (χ1v) is 9.70. The first-order chi connectivity index (χ1) is 13.6. The van der Waals surface area contributed by atoms with Crippen molar-refractivity contribution in [3.05, 3.63) is 23.4 Å². The molecule has 1 aromatic rings. The van der Waals surface area contributed by atoms with E-state index in [-0.39, 0.29) is 6.03 Å². The van der Waals surface area contributed by atoms with E-state index in [1.54, 1.807) is 0 Å². The lowest BCUT2D eigenvalue weighted by molar-refractivity contribution is -0.192. The summed E-state index contributed by atoms with van der Waals surface area (Å²) in [5, 5.41) is 10.2. The number of nitrogens with zero attached hydrogens (tertiary/aromatic N) is 3. The van der Waals surface area contributed by atoms with Gasteiger partial charge in [0.15, 0.2) is 0 Å². The summed E-state index contributed by atoms with van der Waals surface area (Å²) in [5.41, 5.74) is 2.23. The number of hydrogen-bond acceptors (Lipinski definition) is 4. The molecule has 2 saturated carbocycles. The quantitative estimate of drug-likeness (QED) is 0.794. The third-order valence-corrected chi connectivity index (χ3v) is 5.01. The van der Waals surface area contributed by atoms with Crippen LogP contribution in [0.4, 0.5) is 23.8 Å². The minimum absolute atomic E-state index is 0.0855. The van der Waals surface area contributed by atoms with E-state index < -0.39 is 12.1 Å². The van der Waals surface area contributed by atoms with Crippen molar-refractivity contribution in [1.82, 2.24) is 15.2 Å². The third kappa shape index (κ3) is 6.23. The number of carboxylic acid groups (broad SMARTS) is 1. The summed E-state index contributed by atoms with van der Waals surface area (Å²) in [6.07, 6.45) is -0.150. The Morgan fingerprint density at radius 1 is 1.21 bits per heavy atom. The summed E-state index contributed by atoms with van der Waals surface area (Å²) in [6, 6.07) is 4.69. The van der Waals surface area contributed by atoms with E-state index in [1.807, 2.05) is 11.8 Å². The average molecular weight is 414 g/mol. The molecule has 2 heterocycles. The van der Waals surface area contributed by atoms with Gasteiger partial charge in [0.2, 0.25) is 0 Å². The van der Waals surface area contributed by atoms with E-state index in [0.717, 1.165) is 49.9 Å². The van der Waals surface area contributed by atoms with Gasteiger partial charge in [0, 0.05) is 36.9 Å². The molecule has 2 aliphatic carbocycles. The van der Waals surface area contributed by atoms with Crippen molar-refractivity contribution in [2.75, 3.05) is 24.5 Å². The summed E-state index contributed by atoms with van der Waals surface area (Å²) in [7, 11) is 0. The van der Waals surface area contributed by atoms with E-state index >= 15 is 0 Å². The van der Waals surface area contributed by atoms with Crippen molar-refractivity contribution < 1.29 is 27.9 Å². The Hall–Kier alpha value is -2.52. The summed E-state index contributed by atoms with van der Waals surface area (Å²) < 4.78 is 31.7. The molecule has 0 atom stereocenters. The van der Waals surface area contributed by atoms with Crippen LogP contribution in [0.25, 0.3) is 0 Å². The second kappa shape index (κ2) is 8.46. The number of carboxylic acids is 1. The van der Waals surface area contributed by atoms with Gasteiger partial charge >= 0.3 is 18.2 Å². The van der Waals surface area contributed by atoms with Crippen LogP contribution in [0, 0.1) is 12.8 Å². The summed E-state index contributed by atoms with van der Waals surface area (Å²) in [6.45, 7) is 5.46. The molecular formula is C19H25F3N4O3. The van der Waals surface area contributed by atoms with Gasteiger partial charge in [-0.05, 0) is 44.6 Å². The molecule has 2 N–H and O–H groups in total. The van der Waals surface area contributed by atoms with Crippen molar-refractivity contribution in [2.45, 2.75) is 51.4 Å². The van der Waals surface area contributed by atoms with Crippen molar-refractivity contribution in [1.29, 1.82) is 0 Å². The van der Waals surface area contributed by atoms with Crippen LogP contribution in [0.2, 0.25) is 0 Å². The van der Waals surface area contributed by atoms with Gasteiger partial charge in [0.1, 0.15) is 5.82 Å². The highest BCUT2D eigenvalue weighted by Gasteiger charge is 2.38. The Morgan fingerprint density at radius 3 is 2.41 bits per heavy atom. The third-order valence-electron chi connectivity index (χ3n) is 5.01. The van der Waals surface area contributed by atoms with Crippen molar-refractivity contribution >= 4 is 17.8 Å². The summed E-state index contributed by atoms with van der Waals surface area (Å²) >= 11 is 0. The first kappa shape index (κ1) is 21.2. The van der Waals surface area contributed by atoms with Crippen molar-refractivity contribution in [2.24, 2.45) is 5.92 Å². The number of halogens is 3. The normalized spacial score (nSPS) is 18.9. The molecule has 1 aromatic heterocycles. The molecule has 1 aliphatic heterocycles. The zero-order valence-corrected chi connectivity index (χ0v) is 16.2. The number of aryl methyl sites for hydroxylation is 1. The lowest BCUT2D eigenvalue weighted by Crippen LogP contribution is -2.42. The minimum Gasteiger partial charge on any atom is -0.475 e. The van der Waals surface area contributed by atoms with Gasteiger partial charge in [-0.2, -0.15) is 13.2 Å². The Labute approximate surface area is 166 Å². The van der Waals surface area contributed by atoms with Gasteiger partial charge in [0.05, 0.1) is 6.54 Å². The van der Waals surface area contributed by atoms with E-state index in [4.69, 9.17) is 14.9 Å². The monoisotopic (exact) mass is 414 g/mol. The number of aromatic nitrogens is 1. The molecule has 0 bridgehead atoms. The zero-order chi connectivity index (χ0) is 21.2. The molecule has 0 saturated heterocycles. The molecule has 2 fully saturated rings. The topological polar surface area (TPSA) is 85.8 Å². The van der Waals surface area contributed by atoms with E-state index in [2.05, 4.69) is 22.3 Å². The first-order valence-electron chi connectivity index (χ1n) is 9.70. The number of amides is 2. The van der Waals surface area contributed by atoms with Crippen LogP contribution in [-0.4, -0.2) is 58.8 Å². The Bertz CT molecular complexity index is 764. The second-order valence-corrected chi connectivity index (χ2v) is 7.77. The summed E-state index contributed by atoms with van der Waals surface area (Å²) in [5.74, 6) is -0.844. The molecule has 0 aromatic carbocycles. The maximum absolute atomic E-state index is 12.4. The number of alkyl halides is 3. The van der Waals surface area contributed by atoms with Gasteiger partial charge in [-0.3, -0.25) is 0 Å². The molecule has 3 aliphatic rings. The molecule has 4 rings (SSSR count). The number of urea groups is 1. The van der Waals surface area contributed by atoms with Gasteiger partial charge in [-0.25, -0.2) is 14.6 Å². The van der Waals surface area contributed by atoms with Gasteiger partial charge in [-0.15, -0.1) is 0 Å². The van der Waals surface area contributed by atoms with Crippen LogP contribution in [0.3, 0.4) is 0 Å². The lowest BCUT2D eigenvalue weighted by atomic mass is 10.2. The molecule has 2 amide bonds. The Kier molecular flexibility index (Phi) is 6.18. The SMILES string of the molecule is Cc1ccc2c(n1)N(CC1CC1)CCN(C(=O)NC1CC1)C2.O=C(O)C(F)(F)F. The fraction of sp³-hybridized carbons (Fsp3) is 0.632. The van der Waals surface area contributed by atoms with Crippen LogP contribution in [0.1, 0.15) is 36.9 Å². The largest absolute Gasteiger partial charge is 0.490 e. The highest BCUT2D eigenvalue weighted by Crippen LogP contribution is 2.33. The standard InChI is InChI=1S/C17H24N4O.C2HF3O2/c1-12-2-5-14-11-21(17(22)19-15-6-7-15)9-8-20(16(14)18-12)10-13-3-4-13;3-2(4,5)1(6)7/h2,5,13,15H,3-4,6-11H2,1H3,(H,19,22);(H,6,7). The number of anilines is 1. The molecule has 7 nitrogen and oxygen atoms in total. The molecule has 0 unspecified atom stereocenters. The van der Waals surface area contributed by atoms with Crippen LogP contribution < -0.4 is 10.2 Å². The molecule has 160 valence electrons. The van der Waals surface area contributed by atoms with Crippen molar-refractivity contribution in [3.8, 4) is 0 Å². The smallest absolute Gasteiger partial charge is 0.475 e. The number of carbonyl (C=O) groups is 2. The Balaban J connectivity index is 0.000000298. The van der Waals surface area contributed by atoms with Crippen LogP contribution in [-0.2, 0) is 11.3 Å².